The Morgan fingerprint density at radius 1 is 1.12 bits per heavy atom. The summed E-state index contributed by atoms with van der Waals surface area (Å²) in [5.41, 5.74) is 0. The van der Waals surface area contributed by atoms with Crippen LogP contribution in [0.3, 0.4) is 0 Å². The fourth-order valence-electron chi connectivity index (χ4n) is 1.49. The van der Waals surface area contributed by atoms with Crippen molar-refractivity contribution in [1.82, 2.24) is 10.6 Å². The molecular formula is C13H26N2O2. The largest absolute Gasteiger partial charge is 0.356 e. The third kappa shape index (κ3) is 8.86. The molecule has 0 rings (SSSR count). The standard InChI is InChI=1S/C13H26N2O2/c1-9(2)8-14-13(17)7-6-12(11(5)16)15-10(3)4/h9-10,12,15H,6-8H2,1-5H3,(H,14,17)/t12-/m0/s1. The molecule has 0 saturated heterocycles. The molecule has 0 aromatic carbocycles. The minimum Gasteiger partial charge on any atom is -0.356 e. The molecule has 0 bridgehead atoms. The lowest BCUT2D eigenvalue weighted by Gasteiger charge is -2.18. The van der Waals surface area contributed by atoms with E-state index in [0.29, 0.717) is 25.3 Å². The van der Waals surface area contributed by atoms with E-state index in [1.807, 2.05) is 13.8 Å². The highest BCUT2D eigenvalue weighted by atomic mass is 16.1. The van der Waals surface area contributed by atoms with Crippen LogP contribution in [0, 0.1) is 5.92 Å². The van der Waals surface area contributed by atoms with Gasteiger partial charge in [0.05, 0.1) is 6.04 Å². The first-order valence-electron chi connectivity index (χ1n) is 6.36. The van der Waals surface area contributed by atoms with Crippen LogP contribution in [0.4, 0.5) is 0 Å². The highest BCUT2D eigenvalue weighted by Gasteiger charge is 2.16. The quantitative estimate of drug-likeness (QED) is 0.678. The third-order valence-corrected chi connectivity index (χ3v) is 2.39. The average Bonchev–Trinajstić information content (AvgIpc) is 2.20. The van der Waals surface area contributed by atoms with Crippen molar-refractivity contribution in [3.8, 4) is 0 Å². The van der Waals surface area contributed by atoms with Gasteiger partial charge in [-0.2, -0.15) is 0 Å². The Kier molecular flexibility index (Phi) is 7.79. The predicted octanol–water partition coefficient (Wildman–Crippen LogP) is 1.49. The lowest BCUT2D eigenvalue weighted by molar-refractivity contribution is -0.122. The second-order valence-electron chi connectivity index (χ2n) is 5.22. The normalized spacial score (nSPS) is 12.9. The van der Waals surface area contributed by atoms with Crippen molar-refractivity contribution in [2.75, 3.05) is 6.54 Å². The minimum atomic E-state index is -0.209. The van der Waals surface area contributed by atoms with E-state index in [1.54, 1.807) is 6.92 Å². The Hall–Kier alpha value is -0.900. The van der Waals surface area contributed by atoms with Gasteiger partial charge in [0.25, 0.3) is 0 Å². The van der Waals surface area contributed by atoms with Crippen LogP contribution in [0.25, 0.3) is 0 Å². The van der Waals surface area contributed by atoms with Crippen molar-refractivity contribution in [2.24, 2.45) is 5.92 Å². The van der Waals surface area contributed by atoms with Gasteiger partial charge in [0.1, 0.15) is 5.78 Å². The van der Waals surface area contributed by atoms with Gasteiger partial charge in [0.15, 0.2) is 0 Å². The Balaban J connectivity index is 3.95. The number of Topliss-reactive ketones (excluding diaryl/α,β-unsaturated/α-hetero) is 1. The number of nitrogens with one attached hydrogen (secondary N) is 2. The number of amides is 1. The third-order valence-electron chi connectivity index (χ3n) is 2.39. The summed E-state index contributed by atoms with van der Waals surface area (Å²) < 4.78 is 0. The summed E-state index contributed by atoms with van der Waals surface area (Å²) in [6.45, 7) is 10.4. The van der Waals surface area contributed by atoms with Gasteiger partial charge in [0.2, 0.25) is 5.91 Å². The van der Waals surface area contributed by atoms with Crippen LogP contribution >= 0.6 is 0 Å². The molecule has 0 heterocycles. The zero-order chi connectivity index (χ0) is 13.4. The molecule has 0 aromatic heterocycles. The zero-order valence-corrected chi connectivity index (χ0v) is 11.7. The van der Waals surface area contributed by atoms with Gasteiger partial charge < -0.3 is 10.6 Å². The average molecular weight is 242 g/mol. The van der Waals surface area contributed by atoms with Crippen LogP contribution in [-0.2, 0) is 9.59 Å². The van der Waals surface area contributed by atoms with E-state index in [2.05, 4.69) is 24.5 Å². The van der Waals surface area contributed by atoms with Crippen molar-refractivity contribution in [2.45, 2.75) is 59.5 Å². The summed E-state index contributed by atoms with van der Waals surface area (Å²) in [6, 6.07) is 0.0439. The molecule has 0 aliphatic carbocycles. The van der Waals surface area contributed by atoms with Crippen molar-refractivity contribution in [3.63, 3.8) is 0 Å². The molecule has 1 amide bonds. The maximum Gasteiger partial charge on any atom is 0.220 e. The van der Waals surface area contributed by atoms with Crippen LogP contribution in [-0.4, -0.2) is 30.3 Å². The topological polar surface area (TPSA) is 58.2 Å². The van der Waals surface area contributed by atoms with E-state index < -0.39 is 0 Å². The molecule has 0 aliphatic heterocycles. The monoisotopic (exact) mass is 242 g/mol. The van der Waals surface area contributed by atoms with Crippen molar-refractivity contribution in [3.05, 3.63) is 0 Å². The van der Waals surface area contributed by atoms with Crippen LogP contribution in [0.15, 0.2) is 0 Å². The number of carbonyl (C=O) groups is 2. The van der Waals surface area contributed by atoms with Gasteiger partial charge in [0, 0.05) is 19.0 Å². The first-order chi connectivity index (χ1) is 7.82. The van der Waals surface area contributed by atoms with E-state index in [9.17, 15) is 9.59 Å². The molecule has 0 saturated carbocycles. The molecule has 0 unspecified atom stereocenters. The van der Waals surface area contributed by atoms with E-state index in [4.69, 9.17) is 0 Å². The molecule has 2 N–H and O–H groups in total. The molecule has 4 heteroatoms. The number of ketones is 1. The summed E-state index contributed by atoms with van der Waals surface area (Å²) in [7, 11) is 0. The van der Waals surface area contributed by atoms with Crippen LogP contribution < -0.4 is 10.6 Å². The van der Waals surface area contributed by atoms with Crippen LogP contribution in [0.2, 0.25) is 0 Å². The van der Waals surface area contributed by atoms with E-state index in [1.165, 1.54) is 0 Å². The number of hydrogen-bond acceptors (Lipinski definition) is 3. The van der Waals surface area contributed by atoms with Crippen molar-refractivity contribution < 1.29 is 9.59 Å². The maximum absolute atomic E-state index is 11.5. The highest BCUT2D eigenvalue weighted by molar-refractivity contribution is 5.83. The summed E-state index contributed by atoms with van der Waals surface area (Å²) in [6.07, 6.45) is 0.966. The van der Waals surface area contributed by atoms with Gasteiger partial charge in [-0.3, -0.25) is 9.59 Å². The van der Waals surface area contributed by atoms with Crippen LogP contribution in [0.1, 0.15) is 47.5 Å². The second-order valence-corrected chi connectivity index (χ2v) is 5.22. The lowest BCUT2D eigenvalue weighted by atomic mass is 10.1. The lowest BCUT2D eigenvalue weighted by Crippen LogP contribution is -2.40. The smallest absolute Gasteiger partial charge is 0.220 e. The first kappa shape index (κ1) is 16.1. The zero-order valence-electron chi connectivity index (χ0n) is 11.7. The van der Waals surface area contributed by atoms with Gasteiger partial charge in [-0.25, -0.2) is 0 Å². The SMILES string of the molecule is CC(=O)[C@H](CCC(=O)NCC(C)C)NC(C)C. The minimum absolute atomic E-state index is 0.0236. The van der Waals surface area contributed by atoms with E-state index in [-0.39, 0.29) is 23.8 Å². The molecule has 0 radical (unpaired) electrons. The highest BCUT2D eigenvalue weighted by Crippen LogP contribution is 2.01. The molecule has 0 aliphatic rings. The molecule has 4 nitrogen and oxygen atoms in total. The van der Waals surface area contributed by atoms with Gasteiger partial charge >= 0.3 is 0 Å². The molecule has 0 fully saturated rings. The van der Waals surface area contributed by atoms with Gasteiger partial charge in [-0.15, -0.1) is 0 Å². The molecule has 100 valence electrons. The van der Waals surface area contributed by atoms with Crippen molar-refractivity contribution >= 4 is 11.7 Å². The summed E-state index contributed by atoms with van der Waals surface area (Å²) in [4.78, 5) is 22.9. The Morgan fingerprint density at radius 3 is 2.12 bits per heavy atom. The second kappa shape index (κ2) is 8.23. The molecule has 1 atom stereocenters. The molecule has 0 aromatic rings. The Labute approximate surface area is 105 Å². The van der Waals surface area contributed by atoms with E-state index in [0.717, 1.165) is 0 Å². The molecular weight excluding hydrogens is 216 g/mol. The Morgan fingerprint density at radius 2 is 1.71 bits per heavy atom. The fraction of sp³-hybridized carbons (Fsp3) is 0.846. The predicted molar refractivity (Wildman–Crippen MR) is 69.8 cm³/mol. The van der Waals surface area contributed by atoms with E-state index >= 15 is 0 Å². The maximum atomic E-state index is 11.5. The summed E-state index contributed by atoms with van der Waals surface area (Å²) in [5.74, 6) is 0.571. The molecule has 0 spiro atoms. The van der Waals surface area contributed by atoms with Crippen molar-refractivity contribution in [1.29, 1.82) is 0 Å². The van der Waals surface area contributed by atoms with Gasteiger partial charge in [-0.05, 0) is 19.3 Å². The fourth-order valence-corrected chi connectivity index (χ4v) is 1.49. The number of carbonyl (C=O) groups excluding carboxylic acids is 2. The first-order valence-corrected chi connectivity index (χ1v) is 6.36. The molecule has 17 heavy (non-hydrogen) atoms. The number of hydrogen-bond donors (Lipinski definition) is 2. The summed E-state index contributed by atoms with van der Waals surface area (Å²) >= 11 is 0. The Bertz CT molecular complexity index is 250. The number of rotatable bonds is 8. The van der Waals surface area contributed by atoms with Crippen LogP contribution in [0.5, 0.6) is 0 Å². The summed E-state index contributed by atoms with van der Waals surface area (Å²) in [5, 5.41) is 6.02. The van der Waals surface area contributed by atoms with Gasteiger partial charge in [-0.1, -0.05) is 27.7 Å².